The van der Waals surface area contributed by atoms with Crippen molar-refractivity contribution >= 4 is 6.01 Å². The van der Waals surface area contributed by atoms with Crippen LogP contribution < -0.4 is 10.2 Å². The molecule has 1 aliphatic heterocycles. The van der Waals surface area contributed by atoms with Crippen LogP contribution in [-0.4, -0.2) is 54.9 Å². The summed E-state index contributed by atoms with van der Waals surface area (Å²) in [6.07, 6.45) is 1.10. The fourth-order valence-corrected chi connectivity index (χ4v) is 1.98. The van der Waals surface area contributed by atoms with Crippen molar-refractivity contribution in [3.8, 4) is 0 Å². The topological polar surface area (TPSA) is 57.4 Å². The van der Waals surface area contributed by atoms with Crippen molar-refractivity contribution in [2.45, 2.75) is 26.3 Å². The SMILES string of the molecule is CCCNC(C)c1nnc(N2CCN(C)CC2)o1. The van der Waals surface area contributed by atoms with E-state index >= 15 is 0 Å². The summed E-state index contributed by atoms with van der Waals surface area (Å²) in [6.45, 7) is 9.15. The van der Waals surface area contributed by atoms with E-state index in [9.17, 15) is 0 Å². The molecule has 1 atom stereocenters. The van der Waals surface area contributed by atoms with E-state index in [2.05, 4.69) is 46.2 Å². The largest absolute Gasteiger partial charge is 0.406 e. The van der Waals surface area contributed by atoms with Crippen molar-refractivity contribution in [1.29, 1.82) is 0 Å². The molecule has 1 fully saturated rings. The lowest BCUT2D eigenvalue weighted by atomic mass is 10.3. The zero-order valence-electron chi connectivity index (χ0n) is 11.5. The number of nitrogens with one attached hydrogen (secondary N) is 1. The van der Waals surface area contributed by atoms with E-state index in [1.807, 2.05) is 0 Å². The third-order valence-electron chi connectivity index (χ3n) is 3.27. The Balaban J connectivity index is 1.93. The molecule has 1 saturated heterocycles. The summed E-state index contributed by atoms with van der Waals surface area (Å²) in [4.78, 5) is 4.46. The molecule has 102 valence electrons. The second-order valence-corrected chi connectivity index (χ2v) is 4.89. The summed E-state index contributed by atoms with van der Waals surface area (Å²) >= 11 is 0. The van der Waals surface area contributed by atoms with Gasteiger partial charge in [-0.2, -0.15) is 0 Å². The lowest BCUT2D eigenvalue weighted by Gasteiger charge is -2.30. The Labute approximate surface area is 108 Å². The molecule has 1 aliphatic rings. The first-order chi connectivity index (χ1) is 8.70. The Morgan fingerprint density at radius 2 is 2.00 bits per heavy atom. The molecule has 1 aromatic heterocycles. The Morgan fingerprint density at radius 1 is 1.28 bits per heavy atom. The van der Waals surface area contributed by atoms with E-state index in [-0.39, 0.29) is 6.04 Å². The highest BCUT2D eigenvalue weighted by Crippen LogP contribution is 2.18. The van der Waals surface area contributed by atoms with Gasteiger partial charge >= 0.3 is 6.01 Å². The minimum absolute atomic E-state index is 0.124. The molecule has 2 rings (SSSR count). The van der Waals surface area contributed by atoms with Crippen molar-refractivity contribution in [2.75, 3.05) is 44.7 Å². The summed E-state index contributed by atoms with van der Waals surface area (Å²) in [6, 6.07) is 0.780. The second kappa shape index (κ2) is 6.15. The molecule has 0 saturated carbocycles. The molecular formula is C12H23N5O. The molecule has 1 unspecified atom stereocenters. The van der Waals surface area contributed by atoms with Gasteiger partial charge < -0.3 is 19.5 Å². The van der Waals surface area contributed by atoms with Crippen molar-refractivity contribution in [3.05, 3.63) is 5.89 Å². The van der Waals surface area contributed by atoms with E-state index in [1.54, 1.807) is 0 Å². The molecule has 1 aromatic rings. The van der Waals surface area contributed by atoms with E-state index in [0.717, 1.165) is 39.1 Å². The average molecular weight is 253 g/mol. The maximum absolute atomic E-state index is 5.74. The van der Waals surface area contributed by atoms with Gasteiger partial charge in [-0.1, -0.05) is 12.0 Å². The molecule has 0 amide bonds. The van der Waals surface area contributed by atoms with Gasteiger partial charge in [0.05, 0.1) is 6.04 Å². The van der Waals surface area contributed by atoms with Crippen LogP contribution in [0.5, 0.6) is 0 Å². The number of nitrogens with zero attached hydrogens (tertiary/aromatic N) is 4. The fraction of sp³-hybridized carbons (Fsp3) is 0.833. The third-order valence-corrected chi connectivity index (χ3v) is 3.27. The highest BCUT2D eigenvalue weighted by molar-refractivity contribution is 5.25. The highest BCUT2D eigenvalue weighted by Gasteiger charge is 2.20. The highest BCUT2D eigenvalue weighted by atomic mass is 16.4. The zero-order valence-corrected chi connectivity index (χ0v) is 11.5. The predicted octanol–water partition coefficient (Wildman–Crippen LogP) is 0.882. The van der Waals surface area contributed by atoms with E-state index in [4.69, 9.17) is 4.42 Å². The fourth-order valence-electron chi connectivity index (χ4n) is 1.98. The third kappa shape index (κ3) is 3.20. The smallest absolute Gasteiger partial charge is 0.318 e. The number of likely N-dealkylation sites (N-methyl/N-ethyl adjacent to an activating group) is 1. The van der Waals surface area contributed by atoms with E-state index in [1.165, 1.54) is 0 Å². The van der Waals surface area contributed by atoms with Crippen LogP contribution in [0.4, 0.5) is 6.01 Å². The monoisotopic (exact) mass is 253 g/mol. The number of piperazine rings is 1. The number of hydrogen-bond acceptors (Lipinski definition) is 6. The minimum Gasteiger partial charge on any atom is -0.406 e. The van der Waals surface area contributed by atoms with Gasteiger partial charge in [0, 0.05) is 26.2 Å². The average Bonchev–Trinajstić information content (AvgIpc) is 2.86. The van der Waals surface area contributed by atoms with Gasteiger partial charge in [-0.15, -0.1) is 5.10 Å². The first kappa shape index (κ1) is 13.3. The molecule has 6 nitrogen and oxygen atoms in total. The van der Waals surface area contributed by atoms with Gasteiger partial charge in [0.2, 0.25) is 5.89 Å². The van der Waals surface area contributed by atoms with Crippen molar-refractivity contribution in [1.82, 2.24) is 20.4 Å². The van der Waals surface area contributed by atoms with Gasteiger partial charge in [-0.05, 0) is 26.9 Å². The Morgan fingerprint density at radius 3 is 2.67 bits per heavy atom. The molecule has 2 heterocycles. The molecular weight excluding hydrogens is 230 g/mol. The standard InChI is InChI=1S/C12H23N5O/c1-4-5-13-10(2)11-14-15-12(18-11)17-8-6-16(3)7-9-17/h10,13H,4-9H2,1-3H3. The van der Waals surface area contributed by atoms with Crippen LogP contribution in [0.3, 0.4) is 0 Å². The molecule has 0 aromatic carbocycles. The van der Waals surface area contributed by atoms with Crippen LogP contribution in [0.15, 0.2) is 4.42 Å². The quantitative estimate of drug-likeness (QED) is 0.841. The summed E-state index contributed by atoms with van der Waals surface area (Å²) in [5.41, 5.74) is 0. The molecule has 1 N–H and O–H groups in total. The van der Waals surface area contributed by atoms with Gasteiger partial charge in [-0.25, -0.2) is 0 Å². The maximum Gasteiger partial charge on any atom is 0.318 e. The number of aromatic nitrogens is 2. The number of rotatable bonds is 5. The van der Waals surface area contributed by atoms with E-state index in [0.29, 0.717) is 11.9 Å². The van der Waals surface area contributed by atoms with Crippen molar-refractivity contribution < 1.29 is 4.42 Å². The summed E-state index contributed by atoms with van der Waals surface area (Å²) in [5.74, 6) is 0.678. The maximum atomic E-state index is 5.74. The Bertz CT molecular complexity index is 359. The van der Waals surface area contributed by atoms with Crippen molar-refractivity contribution in [3.63, 3.8) is 0 Å². The summed E-state index contributed by atoms with van der Waals surface area (Å²) in [7, 11) is 2.13. The van der Waals surface area contributed by atoms with Crippen LogP contribution >= 0.6 is 0 Å². The zero-order chi connectivity index (χ0) is 13.0. The van der Waals surface area contributed by atoms with Crippen LogP contribution in [0, 0.1) is 0 Å². The van der Waals surface area contributed by atoms with Gasteiger partial charge in [0.1, 0.15) is 0 Å². The summed E-state index contributed by atoms with van der Waals surface area (Å²) in [5, 5.41) is 11.6. The Hall–Kier alpha value is -1.14. The van der Waals surface area contributed by atoms with E-state index < -0.39 is 0 Å². The Kier molecular flexibility index (Phi) is 4.54. The lowest BCUT2D eigenvalue weighted by molar-refractivity contribution is 0.302. The van der Waals surface area contributed by atoms with Crippen LogP contribution in [0.25, 0.3) is 0 Å². The van der Waals surface area contributed by atoms with Crippen LogP contribution in [0.2, 0.25) is 0 Å². The molecule has 0 aliphatic carbocycles. The molecule has 0 radical (unpaired) electrons. The first-order valence-corrected chi connectivity index (χ1v) is 6.71. The van der Waals surface area contributed by atoms with Crippen LogP contribution in [0.1, 0.15) is 32.2 Å². The normalized spacial score (nSPS) is 19.2. The predicted molar refractivity (Wildman–Crippen MR) is 70.7 cm³/mol. The van der Waals surface area contributed by atoms with Crippen molar-refractivity contribution in [2.24, 2.45) is 0 Å². The van der Waals surface area contributed by atoms with Gasteiger partial charge in [0.15, 0.2) is 0 Å². The number of hydrogen-bond donors (Lipinski definition) is 1. The minimum atomic E-state index is 0.124. The number of anilines is 1. The van der Waals surface area contributed by atoms with Gasteiger partial charge in [0.25, 0.3) is 0 Å². The molecule has 0 spiro atoms. The van der Waals surface area contributed by atoms with Gasteiger partial charge in [-0.3, -0.25) is 0 Å². The molecule has 0 bridgehead atoms. The molecule has 6 heteroatoms. The second-order valence-electron chi connectivity index (χ2n) is 4.89. The first-order valence-electron chi connectivity index (χ1n) is 6.71. The van der Waals surface area contributed by atoms with Crippen LogP contribution in [-0.2, 0) is 0 Å². The molecule has 18 heavy (non-hydrogen) atoms. The summed E-state index contributed by atoms with van der Waals surface area (Å²) < 4.78 is 5.74. The lowest BCUT2D eigenvalue weighted by Crippen LogP contribution is -2.44.